The zero-order chi connectivity index (χ0) is 87.9. The van der Waals surface area contributed by atoms with E-state index in [2.05, 4.69) is 54.8 Å². The van der Waals surface area contributed by atoms with Gasteiger partial charge in [-0.3, -0.25) is 45.9 Å². The molecule has 7 aliphatic rings. The molecule has 0 saturated carbocycles. The third-order valence-corrected chi connectivity index (χ3v) is 17.7. The Hall–Kier alpha value is 8.78. The number of methoxy groups -OCH3 is 1. The Kier molecular flexibility index (Phi) is 85.1. The largest absolute Gasteiger partial charge is 1.00 e. The van der Waals surface area contributed by atoms with Crippen molar-refractivity contribution >= 4 is 109 Å². The summed E-state index contributed by atoms with van der Waals surface area (Å²) in [5.41, 5.74) is 0. The Balaban J connectivity index is -0.000000682. The molecule has 0 aromatic rings. The predicted octanol–water partition coefficient (Wildman–Crippen LogP) is -45.5. The summed E-state index contributed by atoms with van der Waals surface area (Å²) in [5, 5.41) is 133. The number of ether oxygens (including phenoxy) is 14. The minimum atomic E-state index is -5.61. The van der Waals surface area contributed by atoms with Gasteiger partial charge in [0.25, 0.3) is 0 Å². The normalized spacial score (nSPS) is 34.9. The fourth-order valence-electron chi connectivity index (χ4n) is 10.5. The zero-order valence-electron chi connectivity index (χ0n) is 67.5. The average molecular weight is 2120 g/mol. The molecule has 7 saturated heterocycles. The number of hydrogen-bond donors (Lipinski definition) is 15. The minimum Gasteiger partial charge on any atom is -0.726 e. The monoisotopic (exact) mass is 2120 g/mol. The molecule has 0 bridgehead atoms. The summed E-state index contributed by atoms with van der Waals surface area (Å²) in [6, 6.07) is -5.09. The van der Waals surface area contributed by atoms with Crippen molar-refractivity contribution < 1.29 is 568 Å². The van der Waals surface area contributed by atoms with Crippen molar-refractivity contribution in [2.24, 2.45) is 0 Å². The van der Waals surface area contributed by atoms with Crippen molar-refractivity contribution in [3.05, 3.63) is 25.7 Å². The van der Waals surface area contributed by atoms with Crippen LogP contribution < -0.4 is 326 Å². The van der Waals surface area contributed by atoms with Crippen LogP contribution in [0.25, 0.3) is 0 Å². The number of aliphatic hydroxyl groups is 8. The molecule has 7 heterocycles. The van der Waals surface area contributed by atoms with Crippen LogP contribution in [0, 0.1) is 25.7 Å². The molecule has 0 aliphatic carbocycles. The van der Waals surface area contributed by atoms with Crippen molar-refractivity contribution in [1.29, 1.82) is 0 Å². The van der Waals surface area contributed by atoms with E-state index >= 15 is 0 Å². The van der Waals surface area contributed by atoms with Crippen molar-refractivity contribution in [3.63, 3.8) is 0 Å². The quantitative estimate of drug-likeness (QED) is 0.00327. The Labute approximate surface area is 947 Å². The van der Waals surface area contributed by atoms with Gasteiger partial charge in [-0.1, -0.05) is 0 Å². The van der Waals surface area contributed by atoms with Gasteiger partial charge in [-0.15, -0.1) is 0 Å². The van der Waals surface area contributed by atoms with Gasteiger partial charge in [0.15, 0.2) is 18.9 Å². The first kappa shape index (κ1) is 149. The minimum absolute atomic E-state index is 0. The Morgan fingerprint density at radius 3 is 0.728 bits per heavy atom. The first-order valence-electron chi connectivity index (χ1n) is 30.3. The second-order valence-corrected chi connectivity index (χ2v) is 31.1. The number of aliphatic hydroxyl groups excluding tert-OH is 8. The summed E-state index contributed by atoms with van der Waals surface area (Å²) in [6.45, 7) is 1.66. The summed E-state index contributed by atoms with van der Waals surface area (Å²) in [5.74, 6) is 0. The van der Waals surface area contributed by atoms with Crippen molar-refractivity contribution in [2.75, 3.05) is 26.9 Å². The van der Waals surface area contributed by atoms with Crippen LogP contribution in [0.4, 0.5) is 0 Å². The molecular formula is C43H71N3Na10O59S10-4. The van der Waals surface area contributed by atoms with Crippen molar-refractivity contribution in [2.45, 2.75) is 218 Å². The number of rotatable bonds is 34. The SMILES string of the molecule is CO[C@H]1[CH-][C@H](O)[C@@H](O[C@@H]2OC(COS(=O)(=O)[O-])[C@@H](O[C@H]3[CH-][C@H](O)[C@@H](O[C@@H]4OC(COS(=O)(=O)[O-])[C@@H](O[C@H]5[CH-][C@H](O)[C@@H](O[C@@H]6OC(COS(=O)(=O)[O-])[C@@H](O[C@H]7[CH-][C@H](O)[C@H](O)C(C)O7)[C@H](O)C6NSOO[O-])C(C)O5)[C@H](O)C4NSOO[O-])C(C)O3)[C@H](O)C2NSOO[O-])C(C)O1.O=S(=O)([O-])O.O=S(=O)([O-])O.O=S(=O)([O-])O.O=S(=O)([O-])O.[Na+].[Na+].[Na+].[Na+].[Na+].[Na+].[Na+].[Na+].[Na+].[Na+]. The first-order chi connectivity index (χ1) is 52.7. The molecule has 0 radical (unpaired) electrons. The average Bonchev–Trinajstić information content (AvgIpc) is 0.778. The molecule has 0 amide bonds. The van der Waals surface area contributed by atoms with Gasteiger partial charge in [-0.05, 0) is 52.1 Å². The van der Waals surface area contributed by atoms with E-state index in [9.17, 15) is 95.5 Å². The molecule has 10 unspecified atom stereocenters. The van der Waals surface area contributed by atoms with Crippen LogP contribution in [0.2, 0.25) is 0 Å². The van der Waals surface area contributed by atoms with Crippen molar-refractivity contribution in [1.82, 2.24) is 14.2 Å². The molecule has 7 rings (SSSR count). The second kappa shape index (κ2) is 71.3. The Morgan fingerprint density at radius 1 is 0.320 bits per heavy atom. The van der Waals surface area contributed by atoms with Crippen LogP contribution in [0.5, 0.6) is 0 Å². The zero-order valence-corrected chi connectivity index (χ0v) is 95.6. The van der Waals surface area contributed by atoms with Gasteiger partial charge in [-0.2, -0.15) is 13.0 Å². The van der Waals surface area contributed by atoms with E-state index in [0.717, 1.165) is 19.3 Å². The van der Waals surface area contributed by atoms with Crippen LogP contribution in [0.15, 0.2) is 0 Å². The van der Waals surface area contributed by atoms with Crippen LogP contribution in [0.1, 0.15) is 27.7 Å². The van der Waals surface area contributed by atoms with E-state index in [-0.39, 0.29) is 332 Å². The van der Waals surface area contributed by atoms with Gasteiger partial charge in [0.2, 0.25) is 72.8 Å². The smallest absolute Gasteiger partial charge is 0.726 e. The number of hydrogen-bond acceptors (Lipinski definition) is 61. The van der Waals surface area contributed by atoms with Crippen LogP contribution in [0.3, 0.4) is 0 Å². The molecule has 0 spiro atoms. The third-order valence-electron chi connectivity index (χ3n) is 14.9. The molecule has 0 aromatic heterocycles. The van der Waals surface area contributed by atoms with Gasteiger partial charge in [-0.25, -0.2) is 98.8 Å². The van der Waals surface area contributed by atoms with E-state index in [1.165, 1.54) is 41.2 Å². The summed E-state index contributed by atoms with van der Waals surface area (Å²) < 4.78 is 352. The second-order valence-electron chi connectivity index (χ2n) is 22.9. The van der Waals surface area contributed by atoms with Crippen LogP contribution in [-0.2, 0) is 180 Å². The fourth-order valence-corrected chi connectivity index (χ4v) is 12.7. The maximum absolute atomic E-state index is 12.1. The molecular weight excluding hydrogens is 2050 g/mol. The van der Waals surface area contributed by atoms with Gasteiger partial charge in [0.1, 0.15) is 91.6 Å². The van der Waals surface area contributed by atoms with Gasteiger partial charge < -0.3 is 155 Å². The predicted molar refractivity (Wildman–Crippen MR) is 331 cm³/mol. The van der Waals surface area contributed by atoms with E-state index < -0.39 is 283 Å². The molecule has 7 fully saturated rings. The van der Waals surface area contributed by atoms with Crippen LogP contribution >= 0.6 is 36.7 Å². The summed E-state index contributed by atoms with van der Waals surface area (Å²) in [4.78, 5) is 0. The molecule has 82 heteroatoms. The fraction of sp³-hybridized carbons (Fsp3) is 0.907. The maximum atomic E-state index is 12.1. The Bertz CT molecular complexity index is 3520. The molecule has 31 atom stereocenters. The first-order valence-corrected chi connectivity index (χ1v) is 42.0. The summed E-state index contributed by atoms with van der Waals surface area (Å²) >= 11 is 0.125. The standard InChI is InChI=1S/C43H73N3O43S6.10Na.4H2O4S/c1-13-31(51)17(47)6-25(71-13)78-38-21(10-68-93(58,59)60)75-42(28(32(38)52)44-90-87-84-55)82-36-15(3)73-27(8-19(36)49)80-40-23(12-70-95(64,65)66)77-43(30(34(40)54)46-92-89-86-57)83-37-16(4)74-26(9-20(37)50)79-39-22(11-69-94(61,62)63)76-41(29(33(39)53)45-91-88-85-56)81-35-14(2)72-24(67-5)7-18(35)48;;;;;;;;;;;4*1-5(2,3)4/h6-9,13-57H,10-12H2,1-5H3,(H,58,59,60)(H,61,62,63)(H,64,65,66);;;;;;;;;;;4*(H2,1,2,3,4)/q-4;10*+1;;;;/p-10/t13?,14?,15?,16?,17-,18-,19-,20-,21?,22?,23?,24+,25-,26-,27-,28?,29?,30?,31+,32+,33+,34+,35-,36-,37-,38+,39+,40+,41-,42-,43-;;;;;;;;;;;;;;/m0............../s1. The Morgan fingerprint density at radius 2 is 0.528 bits per heavy atom. The van der Waals surface area contributed by atoms with Crippen LogP contribution in [-0.4, -0.2) is 367 Å². The summed E-state index contributed by atoms with van der Waals surface area (Å²) in [7, 11) is -35.0. The van der Waals surface area contributed by atoms with E-state index in [1.807, 2.05) is 0 Å². The van der Waals surface area contributed by atoms with Gasteiger partial charge in [0.05, 0.1) is 86.8 Å². The molecule has 62 nitrogen and oxygen atoms in total. The maximum Gasteiger partial charge on any atom is 1.00 e. The van der Waals surface area contributed by atoms with Gasteiger partial charge >= 0.3 is 296 Å². The molecule has 15 N–H and O–H groups in total. The van der Waals surface area contributed by atoms with E-state index in [0.29, 0.717) is 0 Å². The molecule has 0 aromatic carbocycles. The van der Waals surface area contributed by atoms with Crippen molar-refractivity contribution in [3.8, 4) is 0 Å². The topological polar surface area (TPSA) is 961 Å². The third kappa shape index (κ3) is 61.7. The van der Waals surface area contributed by atoms with E-state index in [1.54, 1.807) is 0 Å². The van der Waals surface area contributed by atoms with Gasteiger partial charge in [0, 0.05) is 32.3 Å². The number of nitrogens with one attached hydrogen (secondary N) is 3. The molecule has 7 aliphatic heterocycles. The molecule has 686 valence electrons. The van der Waals surface area contributed by atoms with E-state index in [4.69, 9.17) is 136 Å². The summed E-state index contributed by atoms with van der Waals surface area (Å²) in [6.07, 6.45) is -43.0. The molecule has 125 heavy (non-hydrogen) atoms.